The van der Waals surface area contributed by atoms with Crippen molar-refractivity contribution in [3.63, 3.8) is 0 Å². The maximum atomic E-state index is 10.7. The van der Waals surface area contributed by atoms with Crippen molar-refractivity contribution in [1.82, 2.24) is 0 Å². The first kappa shape index (κ1) is 9.52. The summed E-state index contributed by atoms with van der Waals surface area (Å²) in [6.45, 7) is 4.04. The fourth-order valence-corrected chi connectivity index (χ4v) is 2.26. The van der Waals surface area contributed by atoms with E-state index in [1.54, 1.807) is 12.2 Å². The molecule has 0 unspecified atom stereocenters. The van der Waals surface area contributed by atoms with Gasteiger partial charge >= 0.3 is 5.97 Å². The van der Waals surface area contributed by atoms with Gasteiger partial charge in [-0.2, -0.15) is 0 Å². The summed E-state index contributed by atoms with van der Waals surface area (Å²) in [5.41, 5.74) is 0.319. The molecule has 1 aliphatic carbocycles. The summed E-state index contributed by atoms with van der Waals surface area (Å²) in [5.74, 6) is -0.861. The Hall–Kier alpha value is -0.570. The molecular weight excluding hydrogens is 220 g/mol. The van der Waals surface area contributed by atoms with E-state index >= 15 is 0 Å². The van der Waals surface area contributed by atoms with Gasteiger partial charge < -0.3 is 5.11 Å². The molecule has 0 radical (unpaired) electrons. The second kappa shape index (κ2) is 3.05. The normalized spacial score (nSPS) is 21.2. The first-order chi connectivity index (χ1) is 5.41. The molecule has 1 N–H and O–H groups in total. The van der Waals surface area contributed by atoms with E-state index in [4.69, 9.17) is 5.11 Å². The first-order valence-corrected chi connectivity index (χ1v) is 4.52. The largest absolute Gasteiger partial charge is 0.478 e. The highest BCUT2D eigenvalue weighted by molar-refractivity contribution is 9.11. The van der Waals surface area contributed by atoms with Crippen LogP contribution in [0.5, 0.6) is 0 Å². The van der Waals surface area contributed by atoms with Gasteiger partial charge in [0.05, 0.1) is 5.57 Å². The van der Waals surface area contributed by atoms with E-state index in [9.17, 15) is 4.79 Å². The molecule has 2 nitrogen and oxygen atoms in total. The van der Waals surface area contributed by atoms with Crippen LogP contribution in [0, 0.1) is 5.41 Å². The summed E-state index contributed by atoms with van der Waals surface area (Å²) in [7, 11) is 0. The van der Waals surface area contributed by atoms with Crippen molar-refractivity contribution >= 4 is 21.9 Å². The molecule has 0 aromatic rings. The number of carbonyl (C=O) groups is 1. The summed E-state index contributed by atoms with van der Waals surface area (Å²) in [6, 6.07) is 0. The minimum Gasteiger partial charge on any atom is -0.478 e. The number of hydrogen-bond donors (Lipinski definition) is 1. The number of hydrogen-bond acceptors (Lipinski definition) is 1. The van der Waals surface area contributed by atoms with Crippen molar-refractivity contribution in [1.29, 1.82) is 0 Å². The van der Waals surface area contributed by atoms with Crippen molar-refractivity contribution in [2.24, 2.45) is 5.41 Å². The van der Waals surface area contributed by atoms with Crippen LogP contribution in [-0.4, -0.2) is 11.1 Å². The minimum atomic E-state index is -0.861. The van der Waals surface area contributed by atoms with E-state index in [1.807, 2.05) is 13.8 Å². The fourth-order valence-electron chi connectivity index (χ4n) is 1.29. The molecule has 0 saturated carbocycles. The molecule has 0 spiro atoms. The van der Waals surface area contributed by atoms with E-state index in [1.165, 1.54) is 0 Å². The number of aliphatic carboxylic acids is 1. The Kier molecular flexibility index (Phi) is 2.42. The molecule has 0 bridgehead atoms. The van der Waals surface area contributed by atoms with Gasteiger partial charge in [0.25, 0.3) is 0 Å². The molecule has 1 rings (SSSR count). The minimum absolute atomic E-state index is 0.0543. The van der Waals surface area contributed by atoms with Gasteiger partial charge in [-0.25, -0.2) is 4.79 Å². The van der Waals surface area contributed by atoms with Crippen LogP contribution in [-0.2, 0) is 4.79 Å². The van der Waals surface area contributed by atoms with Gasteiger partial charge in [0.1, 0.15) is 0 Å². The molecule has 0 aromatic carbocycles. The zero-order valence-corrected chi connectivity index (χ0v) is 8.68. The molecule has 0 aliphatic heterocycles. The van der Waals surface area contributed by atoms with E-state index in [-0.39, 0.29) is 5.41 Å². The van der Waals surface area contributed by atoms with Gasteiger partial charge in [-0.3, -0.25) is 0 Å². The molecule has 1 aliphatic rings. The lowest BCUT2D eigenvalue weighted by atomic mass is 9.83. The molecule has 0 saturated heterocycles. The van der Waals surface area contributed by atoms with E-state index in [2.05, 4.69) is 15.9 Å². The van der Waals surface area contributed by atoms with Gasteiger partial charge in [-0.15, -0.1) is 0 Å². The number of carboxylic acid groups (broad SMARTS) is 1. The van der Waals surface area contributed by atoms with Crippen LogP contribution in [0.3, 0.4) is 0 Å². The van der Waals surface area contributed by atoms with E-state index in [0.29, 0.717) is 5.57 Å². The van der Waals surface area contributed by atoms with Crippen LogP contribution < -0.4 is 0 Å². The van der Waals surface area contributed by atoms with Gasteiger partial charge in [-0.05, 0) is 22.4 Å². The highest BCUT2D eigenvalue weighted by Crippen LogP contribution is 2.35. The molecule has 0 fully saturated rings. The van der Waals surface area contributed by atoms with E-state index < -0.39 is 5.97 Å². The third-order valence-electron chi connectivity index (χ3n) is 1.73. The summed E-state index contributed by atoms with van der Waals surface area (Å²) in [4.78, 5) is 10.7. The Morgan fingerprint density at radius 3 is 2.67 bits per heavy atom. The van der Waals surface area contributed by atoms with E-state index in [0.717, 1.165) is 10.9 Å². The van der Waals surface area contributed by atoms with Gasteiger partial charge in [0.2, 0.25) is 0 Å². The maximum absolute atomic E-state index is 10.7. The lowest BCUT2D eigenvalue weighted by Gasteiger charge is -2.24. The van der Waals surface area contributed by atoms with Gasteiger partial charge in [-0.1, -0.05) is 35.9 Å². The van der Waals surface area contributed by atoms with Crippen molar-refractivity contribution in [3.05, 3.63) is 22.2 Å². The molecule has 66 valence electrons. The Morgan fingerprint density at radius 1 is 1.67 bits per heavy atom. The van der Waals surface area contributed by atoms with Crippen LogP contribution in [0.25, 0.3) is 0 Å². The van der Waals surface area contributed by atoms with Gasteiger partial charge in [0, 0.05) is 0 Å². The Bertz CT molecular complexity index is 274. The summed E-state index contributed by atoms with van der Waals surface area (Å²) < 4.78 is 0.951. The zero-order valence-electron chi connectivity index (χ0n) is 7.10. The Balaban J connectivity index is 3.01. The predicted molar refractivity (Wildman–Crippen MR) is 51.1 cm³/mol. The molecule has 3 heteroatoms. The first-order valence-electron chi connectivity index (χ1n) is 3.73. The third-order valence-corrected chi connectivity index (χ3v) is 2.24. The van der Waals surface area contributed by atoms with Crippen molar-refractivity contribution in [3.8, 4) is 0 Å². The zero-order chi connectivity index (χ0) is 9.35. The average Bonchev–Trinajstić information content (AvgIpc) is 1.82. The standard InChI is InChI=1S/C9H11BrO2/c1-9(2)4-6(8(11)12)3-7(10)5-9/h3-4H,5H2,1-2H3,(H,11,12). The lowest BCUT2D eigenvalue weighted by Crippen LogP contribution is -2.15. The average molecular weight is 231 g/mol. The monoisotopic (exact) mass is 230 g/mol. The quantitative estimate of drug-likeness (QED) is 0.753. The number of allylic oxidation sites excluding steroid dienone is 2. The molecule has 0 amide bonds. The van der Waals surface area contributed by atoms with Crippen molar-refractivity contribution < 1.29 is 9.90 Å². The summed E-state index contributed by atoms with van der Waals surface area (Å²) >= 11 is 3.33. The van der Waals surface area contributed by atoms with Crippen molar-refractivity contribution in [2.45, 2.75) is 20.3 Å². The molecule has 0 aromatic heterocycles. The molecule has 12 heavy (non-hydrogen) atoms. The van der Waals surface area contributed by atoms with Crippen LogP contribution in [0.1, 0.15) is 20.3 Å². The van der Waals surface area contributed by atoms with Crippen LogP contribution >= 0.6 is 15.9 Å². The van der Waals surface area contributed by atoms with Crippen LogP contribution in [0.2, 0.25) is 0 Å². The number of carboxylic acids is 1. The molecule has 0 atom stereocenters. The second-order valence-electron chi connectivity index (χ2n) is 3.66. The summed E-state index contributed by atoms with van der Waals surface area (Å²) in [5, 5.41) is 8.75. The molecular formula is C9H11BrO2. The Morgan fingerprint density at radius 2 is 2.25 bits per heavy atom. The SMILES string of the molecule is CC1(C)C=C(C(=O)O)C=C(Br)C1. The van der Waals surface area contributed by atoms with Crippen LogP contribution in [0.4, 0.5) is 0 Å². The second-order valence-corrected chi connectivity index (χ2v) is 4.68. The van der Waals surface area contributed by atoms with Crippen LogP contribution in [0.15, 0.2) is 22.2 Å². The maximum Gasteiger partial charge on any atom is 0.335 e. The Labute approximate surface area is 80.1 Å². The number of halogens is 1. The van der Waals surface area contributed by atoms with Gasteiger partial charge in [0.15, 0.2) is 0 Å². The van der Waals surface area contributed by atoms with Crippen molar-refractivity contribution in [2.75, 3.05) is 0 Å². The highest BCUT2D eigenvalue weighted by Gasteiger charge is 2.23. The topological polar surface area (TPSA) is 37.3 Å². The molecule has 0 heterocycles. The third kappa shape index (κ3) is 2.21. The predicted octanol–water partition coefficient (Wildman–Crippen LogP) is 2.71. The summed E-state index contributed by atoms with van der Waals surface area (Å²) in [6.07, 6.45) is 4.32. The lowest BCUT2D eigenvalue weighted by molar-refractivity contribution is -0.132. The smallest absolute Gasteiger partial charge is 0.335 e. The highest BCUT2D eigenvalue weighted by atomic mass is 79.9. The fraction of sp³-hybridized carbons (Fsp3) is 0.444. The number of rotatable bonds is 1.